The predicted octanol–water partition coefficient (Wildman–Crippen LogP) is -5.07. The van der Waals surface area contributed by atoms with E-state index >= 15 is 0 Å². The monoisotopic (exact) mass is 217 g/mol. The van der Waals surface area contributed by atoms with Crippen LogP contribution in [0.2, 0.25) is 0 Å². The Kier molecular flexibility index (Phi) is 18.9. The van der Waals surface area contributed by atoms with E-state index in [0.29, 0.717) is 0 Å². The van der Waals surface area contributed by atoms with Crippen molar-refractivity contribution >= 4 is 11.9 Å². The van der Waals surface area contributed by atoms with Crippen LogP contribution in [-0.2, 0) is 19.3 Å². The number of aliphatic carboxylic acids is 2. The van der Waals surface area contributed by atoms with Crippen molar-refractivity contribution in [3.8, 4) is 0 Å². The molecule has 0 aromatic carbocycles. The molecule has 8 nitrogen and oxygen atoms in total. The van der Waals surface area contributed by atoms with Gasteiger partial charge in [0.25, 0.3) is 0 Å². The van der Waals surface area contributed by atoms with Crippen LogP contribution in [0, 0.1) is 0 Å². The highest BCUT2D eigenvalue weighted by atomic mass is 35.5. The highest BCUT2D eigenvalue weighted by Crippen LogP contribution is 1.58. The first-order chi connectivity index (χ1) is 5.54. The van der Waals surface area contributed by atoms with Gasteiger partial charge in [-0.25, -0.2) is 21.4 Å². The third kappa shape index (κ3) is 35.4. The number of carboxylic acid groups (broad SMARTS) is 2. The molecule has 0 radical (unpaired) electrons. The molecule has 80 valence electrons. The first-order valence-corrected chi connectivity index (χ1v) is 2.61. The van der Waals surface area contributed by atoms with Gasteiger partial charge in [0.1, 0.15) is 0 Å². The topological polar surface area (TPSA) is 145 Å². The lowest BCUT2D eigenvalue weighted by molar-refractivity contribution is -0.143. The molecule has 0 heterocycles. The summed E-state index contributed by atoms with van der Waals surface area (Å²) in [4.78, 5) is 26.2. The number of hydrogen-bond acceptors (Lipinski definition) is 6. The average Bonchev–Trinajstić information content (AvgIpc) is 1.87. The lowest BCUT2D eigenvalue weighted by Gasteiger charge is -1.83. The Balaban J connectivity index is -0.000000143. The van der Waals surface area contributed by atoms with E-state index < -0.39 is 25.2 Å². The van der Waals surface area contributed by atoms with E-state index in [2.05, 4.69) is 21.5 Å². The highest BCUT2D eigenvalue weighted by Gasteiger charge is 1.89. The molecule has 0 aromatic heterocycles. The zero-order valence-electron chi connectivity index (χ0n) is 6.47. The molecule has 0 saturated carbocycles. The number of halogens is 1. The van der Waals surface area contributed by atoms with Gasteiger partial charge in [-0.1, -0.05) is 0 Å². The molecule has 0 atom stereocenters. The molecule has 6 N–H and O–H groups in total. The maximum atomic E-state index is 9.39. The average molecular weight is 218 g/mol. The molecule has 0 spiro atoms. The third-order valence-electron chi connectivity index (χ3n) is 0.414. The standard InChI is InChI=1S/2C2H5NO3.ClH/c2*3-6-1-2(4)5;/h2*1,3H2,(H,4,5);1H/p-1. The highest BCUT2D eigenvalue weighted by molar-refractivity contribution is 5.68. The molecule has 13 heavy (non-hydrogen) atoms. The van der Waals surface area contributed by atoms with Crippen LogP contribution >= 0.6 is 0 Å². The summed E-state index contributed by atoms with van der Waals surface area (Å²) in [6.07, 6.45) is 0. The number of nitrogens with two attached hydrogens (primary N) is 2. The second-order valence-corrected chi connectivity index (χ2v) is 1.41. The fourth-order valence-corrected chi connectivity index (χ4v) is 0.143. The van der Waals surface area contributed by atoms with Crippen molar-refractivity contribution in [1.82, 2.24) is 0 Å². The summed E-state index contributed by atoms with van der Waals surface area (Å²) < 4.78 is 0. The van der Waals surface area contributed by atoms with Crippen LogP contribution in [0.5, 0.6) is 0 Å². The molecule has 0 fully saturated rings. The number of rotatable bonds is 4. The summed E-state index contributed by atoms with van der Waals surface area (Å²) in [5, 5.41) is 15.4. The molecule has 0 amide bonds. The number of carbonyl (C=O) groups is 2. The summed E-state index contributed by atoms with van der Waals surface area (Å²) >= 11 is 0. The van der Waals surface area contributed by atoms with Crippen molar-refractivity contribution in [1.29, 1.82) is 0 Å². The molecule has 0 unspecified atom stereocenters. The fourth-order valence-electron chi connectivity index (χ4n) is 0.143. The van der Waals surface area contributed by atoms with Gasteiger partial charge in [-0.2, -0.15) is 0 Å². The van der Waals surface area contributed by atoms with E-state index in [1.165, 1.54) is 0 Å². The molecular weight excluding hydrogens is 208 g/mol. The molecule has 9 heteroatoms. The van der Waals surface area contributed by atoms with Crippen molar-refractivity contribution in [3.05, 3.63) is 0 Å². The van der Waals surface area contributed by atoms with Crippen LogP contribution in [0.3, 0.4) is 0 Å². The van der Waals surface area contributed by atoms with E-state index in [0.717, 1.165) is 0 Å². The van der Waals surface area contributed by atoms with Crippen molar-refractivity contribution in [2.75, 3.05) is 13.2 Å². The van der Waals surface area contributed by atoms with Gasteiger partial charge in [0.2, 0.25) is 0 Å². The first-order valence-electron chi connectivity index (χ1n) is 2.61. The van der Waals surface area contributed by atoms with Crippen LogP contribution in [-0.4, -0.2) is 35.4 Å². The first kappa shape index (κ1) is 18.0. The van der Waals surface area contributed by atoms with Gasteiger partial charge in [-0.05, 0) is 0 Å². The largest absolute Gasteiger partial charge is 1.00 e. The Morgan fingerprint density at radius 2 is 1.23 bits per heavy atom. The fraction of sp³-hybridized carbons (Fsp3) is 0.500. The van der Waals surface area contributed by atoms with Crippen LogP contribution < -0.4 is 24.2 Å². The summed E-state index contributed by atoms with van der Waals surface area (Å²) in [6, 6.07) is 0. The third-order valence-corrected chi connectivity index (χ3v) is 0.414. The molecule has 0 aromatic rings. The van der Waals surface area contributed by atoms with Crippen molar-refractivity contribution in [3.63, 3.8) is 0 Å². The van der Waals surface area contributed by atoms with Crippen molar-refractivity contribution < 1.29 is 41.9 Å². The Morgan fingerprint density at radius 1 is 1.00 bits per heavy atom. The lowest BCUT2D eigenvalue weighted by Crippen LogP contribution is -3.00. The second kappa shape index (κ2) is 13.6. The minimum Gasteiger partial charge on any atom is -1.00 e. The second-order valence-electron chi connectivity index (χ2n) is 1.41. The quantitative estimate of drug-likeness (QED) is 0.342. The Morgan fingerprint density at radius 3 is 1.23 bits per heavy atom. The minimum absolute atomic E-state index is 0. The van der Waals surface area contributed by atoms with Crippen molar-refractivity contribution in [2.24, 2.45) is 11.8 Å². The van der Waals surface area contributed by atoms with Gasteiger partial charge in [-0.3, -0.25) is 9.68 Å². The zero-order chi connectivity index (χ0) is 9.98. The summed E-state index contributed by atoms with van der Waals surface area (Å²) in [5.41, 5.74) is 0. The van der Waals surface area contributed by atoms with Gasteiger partial charge >= 0.3 is 11.9 Å². The Bertz CT molecular complexity index is 127. The number of hydrogen-bond donors (Lipinski definition) is 4. The Labute approximate surface area is 79.7 Å². The SMILES string of the molecule is NOCC(=O)O.NOCC(=O)O.[Cl-]. The minimum atomic E-state index is -1.06. The van der Waals surface area contributed by atoms with E-state index in [1.807, 2.05) is 0 Å². The molecule has 0 rings (SSSR count). The van der Waals surface area contributed by atoms with Gasteiger partial charge in [-0.15, -0.1) is 0 Å². The maximum Gasteiger partial charge on any atom is 0.331 e. The predicted molar refractivity (Wildman–Crippen MR) is 35.6 cm³/mol. The van der Waals surface area contributed by atoms with E-state index in [9.17, 15) is 9.59 Å². The molecular formula is C4H10ClN2O6-. The summed E-state index contributed by atoms with van der Waals surface area (Å²) in [5.74, 6) is 6.58. The maximum absolute atomic E-state index is 9.39. The van der Waals surface area contributed by atoms with Crippen molar-refractivity contribution in [2.45, 2.75) is 0 Å². The zero-order valence-corrected chi connectivity index (χ0v) is 7.23. The molecule has 0 bridgehead atoms. The lowest BCUT2D eigenvalue weighted by atomic mass is 10.8. The van der Waals surface area contributed by atoms with E-state index in [1.54, 1.807) is 0 Å². The number of carboxylic acids is 2. The van der Waals surface area contributed by atoms with Crippen LogP contribution in [0.1, 0.15) is 0 Å². The van der Waals surface area contributed by atoms with Crippen LogP contribution in [0.25, 0.3) is 0 Å². The molecule has 0 aliphatic rings. The van der Waals surface area contributed by atoms with Gasteiger partial charge < -0.3 is 22.6 Å². The van der Waals surface area contributed by atoms with Gasteiger partial charge in [0.05, 0.1) is 0 Å². The molecule has 0 aliphatic carbocycles. The van der Waals surface area contributed by atoms with Crippen LogP contribution in [0.15, 0.2) is 0 Å². The van der Waals surface area contributed by atoms with E-state index in [-0.39, 0.29) is 12.4 Å². The summed E-state index contributed by atoms with van der Waals surface area (Å²) in [6.45, 7) is -0.861. The van der Waals surface area contributed by atoms with E-state index in [4.69, 9.17) is 10.2 Å². The normalized spacial score (nSPS) is 7.54. The smallest absolute Gasteiger partial charge is 0.331 e. The summed E-state index contributed by atoms with van der Waals surface area (Å²) in [7, 11) is 0. The Hall–Kier alpha value is -0.930. The van der Waals surface area contributed by atoms with Gasteiger partial charge in [0, 0.05) is 0 Å². The molecule has 0 saturated heterocycles. The van der Waals surface area contributed by atoms with Gasteiger partial charge in [0.15, 0.2) is 13.2 Å². The molecule has 0 aliphatic heterocycles. The van der Waals surface area contributed by atoms with Crippen LogP contribution in [0.4, 0.5) is 0 Å².